The molecule has 0 unspecified atom stereocenters. The molecule has 2 aromatic rings. The zero-order valence-electron chi connectivity index (χ0n) is 13.4. The highest BCUT2D eigenvalue weighted by Crippen LogP contribution is 2.28. The van der Waals surface area contributed by atoms with Crippen molar-refractivity contribution < 1.29 is 9.47 Å². The summed E-state index contributed by atoms with van der Waals surface area (Å²) in [6.07, 6.45) is 1.73. The van der Waals surface area contributed by atoms with E-state index >= 15 is 0 Å². The van der Waals surface area contributed by atoms with Crippen molar-refractivity contribution in [2.45, 2.75) is 19.6 Å². The lowest BCUT2D eigenvalue weighted by atomic mass is 10.3. The average molecular weight is 331 g/mol. The van der Waals surface area contributed by atoms with E-state index in [1.165, 1.54) is 11.8 Å². The van der Waals surface area contributed by atoms with Gasteiger partial charge in [0.15, 0.2) is 5.17 Å². The molecule has 1 aromatic heterocycles. The van der Waals surface area contributed by atoms with Crippen molar-refractivity contribution in [1.82, 2.24) is 4.98 Å². The third kappa shape index (κ3) is 5.49. The molecule has 1 heterocycles. The molecule has 0 saturated heterocycles. The molecule has 6 heteroatoms. The molecule has 0 radical (unpaired) electrons. The summed E-state index contributed by atoms with van der Waals surface area (Å²) < 4.78 is 11.0. The van der Waals surface area contributed by atoms with Gasteiger partial charge in [0.25, 0.3) is 0 Å². The Labute approximate surface area is 140 Å². The van der Waals surface area contributed by atoms with Crippen molar-refractivity contribution in [1.29, 1.82) is 0 Å². The Morgan fingerprint density at radius 1 is 1.17 bits per heavy atom. The van der Waals surface area contributed by atoms with Crippen LogP contribution in [0.1, 0.15) is 19.5 Å². The van der Waals surface area contributed by atoms with Crippen molar-refractivity contribution in [3.8, 4) is 11.5 Å². The van der Waals surface area contributed by atoms with Crippen LogP contribution >= 0.6 is 11.8 Å². The SMILES string of the molecule is CCOc1ccnc(CSC(N)=Nc2ccccc2OCC)c1. The smallest absolute Gasteiger partial charge is 0.159 e. The number of thioether (sulfide) groups is 1. The van der Waals surface area contributed by atoms with Crippen LogP contribution in [0.5, 0.6) is 11.5 Å². The number of nitrogens with zero attached hydrogens (tertiary/aromatic N) is 2. The fourth-order valence-electron chi connectivity index (χ4n) is 1.92. The maximum Gasteiger partial charge on any atom is 0.159 e. The van der Waals surface area contributed by atoms with E-state index in [1.807, 2.05) is 50.2 Å². The summed E-state index contributed by atoms with van der Waals surface area (Å²) in [5.41, 5.74) is 7.65. The van der Waals surface area contributed by atoms with E-state index in [0.717, 1.165) is 22.9 Å². The fourth-order valence-corrected chi connectivity index (χ4v) is 2.53. The molecule has 0 amide bonds. The molecule has 23 heavy (non-hydrogen) atoms. The molecule has 1 aromatic carbocycles. The molecule has 122 valence electrons. The highest BCUT2D eigenvalue weighted by Gasteiger charge is 2.04. The van der Waals surface area contributed by atoms with Gasteiger partial charge in [0.05, 0.1) is 18.9 Å². The maximum absolute atomic E-state index is 6.01. The minimum atomic E-state index is 0.473. The van der Waals surface area contributed by atoms with Crippen LogP contribution in [0, 0.1) is 0 Å². The van der Waals surface area contributed by atoms with E-state index in [2.05, 4.69) is 9.98 Å². The lowest BCUT2D eigenvalue weighted by Crippen LogP contribution is -2.07. The number of hydrogen-bond donors (Lipinski definition) is 1. The average Bonchev–Trinajstić information content (AvgIpc) is 2.56. The Balaban J connectivity index is 2.01. The monoisotopic (exact) mass is 331 g/mol. The molecule has 0 spiro atoms. The predicted molar refractivity (Wildman–Crippen MR) is 95.6 cm³/mol. The second-order valence-corrected chi connectivity index (χ2v) is 5.55. The topological polar surface area (TPSA) is 69.7 Å². The summed E-state index contributed by atoms with van der Waals surface area (Å²) in [4.78, 5) is 8.74. The third-order valence-corrected chi connectivity index (χ3v) is 3.69. The second-order valence-electron chi connectivity index (χ2n) is 4.56. The number of para-hydroxylation sites is 2. The summed E-state index contributed by atoms with van der Waals surface area (Å²) in [7, 11) is 0. The molecule has 0 atom stereocenters. The first kappa shape index (κ1) is 17.1. The van der Waals surface area contributed by atoms with Crippen molar-refractivity contribution >= 4 is 22.6 Å². The van der Waals surface area contributed by atoms with Gasteiger partial charge in [-0.3, -0.25) is 4.98 Å². The van der Waals surface area contributed by atoms with E-state index in [4.69, 9.17) is 15.2 Å². The summed E-state index contributed by atoms with van der Waals surface area (Å²) in [6.45, 7) is 5.12. The van der Waals surface area contributed by atoms with Gasteiger partial charge in [-0.25, -0.2) is 4.99 Å². The Morgan fingerprint density at radius 3 is 2.74 bits per heavy atom. The zero-order valence-corrected chi connectivity index (χ0v) is 14.2. The summed E-state index contributed by atoms with van der Waals surface area (Å²) in [6, 6.07) is 11.3. The highest BCUT2D eigenvalue weighted by molar-refractivity contribution is 8.13. The Bertz CT molecular complexity index is 662. The van der Waals surface area contributed by atoms with Crippen molar-refractivity contribution in [2.24, 2.45) is 10.7 Å². The van der Waals surface area contributed by atoms with Crippen LogP contribution in [0.2, 0.25) is 0 Å². The van der Waals surface area contributed by atoms with Crippen LogP contribution in [-0.2, 0) is 5.75 Å². The standard InChI is InChI=1S/C17H21N3O2S/c1-3-21-14-9-10-19-13(11-14)12-23-17(18)20-15-7-5-6-8-16(15)22-4-2/h5-11H,3-4,12H2,1-2H3,(H2,18,20). The van der Waals surface area contributed by atoms with Crippen LogP contribution < -0.4 is 15.2 Å². The molecule has 0 bridgehead atoms. The number of aliphatic imine (C=N–C) groups is 1. The first-order valence-electron chi connectivity index (χ1n) is 7.49. The van der Waals surface area contributed by atoms with Crippen molar-refractivity contribution in [3.63, 3.8) is 0 Å². The second kappa shape index (κ2) is 9.05. The van der Waals surface area contributed by atoms with Crippen LogP contribution in [0.25, 0.3) is 0 Å². The Morgan fingerprint density at radius 2 is 1.96 bits per heavy atom. The van der Waals surface area contributed by atoms with Gasteiger partial charge in [0.1, 0.15) is 17.2 Å². The Kier molecular flexibility index (Phi) is 6.75. The number of pyridine rings is 1. The number of rotatable bonds is 7. The first-order valence-corrected chi connectivity index (χ1v) is 8.48. The fraction of sp³-hybridized carbons (Fsp3) is 0.294. The van der Waals surface area contributed by atoms with Gasteiger partial charge in [-0.2, -0.15) is 0 Å². The van der Waals surface area contributed by atoms with Gasteiger partial charge >= 0.3 is 0 Å². The van der Waals surface area contributed by atoms with Gasteiger partial charge in [0.2, 0.25) is 0 Å². The number of amidine groups is 1. The zero-order chi connectivity index (χ0) is 16.5. The van der Waals surface area contributed by atoms with Crippen LogP contribution in [-0.4, -0.2) is 23.4 Å². The van der Waals surface area contributed by atoms with E-state index in [0.29, 0.717) is 24.1 Å². The van der Waals surface area contributed by atoms with Crippen LogP contribution in [0.15, 0.2) is 47.6 Å². The van der Waals surface area contributed by atoms with E-state index in [1.54, 1.807) is 6.20 Å². The van der Waals surface area contributed by atoms with E-state index < -0.39 is 0 Å². The molecule has 0 aliphatic carbocycles. The molecule has 0 aliphatic heterocycles. The van der Waals surface area contributed by atoms with Crippen molar-refractivity contribution in [3.05, 3.63) is 48.3 Å². The van der Waals surface area contributed by atoms with Crippen LogP contribution in [0.4, 0.5) is 5.69 Å². The predicted octanol–water partition coefficient (Wildman–Crippen LogP) is 3.76. The number of aromatic nitrogens is 1. The molecule has 0 fully saturated rings. The minimum Gasteiger partial charge on any atom is -0.494 e. The lowest BCUT2D eigenvalue weighted by molar-refractivity contribution is 0.339. The minimum absolute atomic E-state index is 0.473. The molecule has 0 aliphatic rings. The summed E-state index contributed by atoms with van der Waals surface area (Å²) in [5, 5.41) is 0.473. The third-order valence-electron chi connectivity index (χ3n) is 2.86. The van der Waals surface area contributed by atoms with Crippen molar-refractivity contribution in [2.75, 3.05) is 13.2 Å². The molecule has 2 rings (SSSR count). The van der Waals surface area contributed by atoms with Gasteiger partial charge in [-0.15, -0.1) is 0 Å². The van der Waals surface area contributed by atoms with E-state index in [-0.39, 0.29) is 0 Å². The number of ether oxygens (including phenoxy) is 2. The van der Waals surface area contributed by atoms with Gasteiger partial charge in [-0.1, -0.05) is 23.9 Å². The quantitative estimate of drug-likeness (QED) is 0.618. The van der Waals surface area contributed by atoms with Gasteiger partial charge in [0, 0.05) is 18.0 Å². The summed E-state index contributed by atoms with van der Waals surface area (Å²) in [5.74, 6) is 2.18. The number of hydrogen-bond acceptors (Lipinski definition) is 5. The number of nitrogens with two attached hydrogens (primary N) is 1. The van der Waals surface area contributed by atoms with Gasteiger partial charge in [-0.05, 0) is 32.0 Å². The van der Waals surface area contributed by atoms with Gasteiger partial charge < -0.3 is 15.2 Å². The maximum atomic E-state index is 6.01. The molecule has 2 N–H and O–H groups in total. The Hall–Kier alpha value is -2.21. The molecule has 0 saturated carbocycles. The van der Waals surface area contributed by atoms with Crippen LogP contribution in [0.3, 0.4) is 0 Å². The molecular weight excluding hydrogens is 310 g/mol. The highest BCUT2D eigenvalue weighted by atomic mass is 32.2. The lowest BCUT2D eigenvalue weighted by Gasteiger charge is -2.07. The summed E-state index contributed by atoms with van der Waals surface area (Å²) >= 11 is 1.43. The normalized spacial score (nSPS) is 11.3. The molecule has 5 nitrogen and oxygen atoms in total. The molecular formula is C17H21N3O2S. The largest absolute Gasteiger partial charge is 0.494 e. The van der Waals surface area contributed by atoms with E-state index in [9.17, 15) is 0 Å². The number of benzene rings is 1. The first-order chi connectivity index (χ1) is 11.2.